The van der Waals surface area contributed by atoms with Crippen LogP contribution < -0.4 is 18.9 Å². The lowest BCUT2D eigenvalue weighted by Crippen LogP contribution is -2.24. The van der Waals surface area contributed by atoms with E-state index in [1.165, 1.54) is 5.56 Å². The molecule has 0 aromatic heterocycles. The number of methoxy groups -OCH3 is 4. The molecule has 0 unspecified atom stereocenters. The second-order valence-corrected chi connectivity index (χ2v) is 6.86. The van der Waals surface area contributed by atoms with E-state index >= 15 is 0 Å². The molecule has 0 spiro atoms. The van der Waals surface area contributed by atoms with Gasteiger partial charge in [0.15, 0.2) is 11.5 Å². The molecule has 0 radical (unpaired) electrons. The van der Waals surface area contributed by atoms with Crippen LogP contribution >= 0.6 is 0 Å². The third-order valence-electron chi connectivity index (χ3n) is 5.52. The van der Waals surface area contributed by atoms with Crippen molar-refractivity contribution in [3.63, 3.8) is 0 Å². The number of ether oxygens (including phenoxy) is 4. The molecule has 1 aliphatic heterocycles. The SMILES string of the molecule is COc1ccccc1[C@H]1CCN([C@@H](C)c2cc(OC)c(OC)c(OC)c2)C1. The predicted octanol–water partition coefficient (Wildman–Crippen LogP) is 4.27. The summed E-state index contributed by atoms with van der Waals surface area (Å²) in [5, 5.41) is 0. The summed E-state index contributed by atoms with van der Waals surface area (Å²) < 4.78 is 22.0. The molecule has 2 atom stereocenters. The number of nitrogens with zero attached hydrogens (tertiary/aromatic N) is 1. The molecule has 5 nitrogen and oxygen atoms in total. The van der Waals surface area contributed by atoms with Crippen molar-refractivity contribution >= 4 is 0 Å². The summed E-state index contributed by atoms with van der Waals surface area (Å²) in [5.74, 6) is 3.47. The van der Waals surface area contributed by atoms with Gasteiger partial charge in [0.25, 0.3) is 0 Å². The summed E-state index contributed by atoms with van der Waals surface area (Å²) in [7, 11) is 6.67. The molecule has 3 rings (SSSR count). The van der Waals surface area contributed by atoms with Crippen molar-refractivity contribution in [2.24, 2.45) is 0 Å². The molecular formula is C22H29NO4. The predicted molar refractivity (Wildman–Crippen MR) is 106 cm³/mol. The Labute approximate surface area is 161 Å². The highest BCUT2D eigenvalue weighted by molar-refractivity contribution is 5.54. The fourth-order valence-electron chi connectivity index (χ4n) is 3.95. The van der Waals surface area contributed by atoms with E-state index in [2.05, 4.69) is 24.0 Å². The zero-order chi connectivity index (χ0) is 19.4. The number of hydrogen-bond acceptors (Lipinski definition) is 5. The van der Waals surface area contributed by atoms with Gasteiger partial charge in [0, 0.05) is 18.5 Å². The normalized spacial score (nSPS) is 18.2. The highest BCUT2D eigenvalue weighted by atomic mass is 16.5. The van der Waals surface area contributed by atoms with Gasteiger partial charge in [-0.15, -0.1) is 0 Å². The molecule has 1 aliphatic rings. The minimum atomic E-state index is 0.249. The Hall–Kier alpha value is -2.40. The Morgan fingerprint density at radius 3 is 2.11 bits per heavy atom. The van der Waals surface area contributed by atoms with Crippen LogP contribution in [0.2, 0.25) is 0 Å². The largest absolute Gasteiger partial charge is 0.496 e. The maximum absolute atomic E-state index is 5.56. The molecule has 0 bridgehead atoms. The van der Waals surface area contributed by atoms with Crippen LogP contribution in [-0.2, 0) is 0 Å². The Bertz CT molecular complexity index is 752. The van der Waals surface area contributed by atoms with Gasteiger partial charge in [0.1, 0.15) is 5.75 Å². The lowest BCUT2D eigenvalue weighted by atomic mass is 9.97. The Morgan fingerprint density at radius 1 is 0.889 bits per heavy atom. The van der Waals surface area contributed by atoms with Crippen molar-refractivity contribution in [3.05, 3.63) is 47.5 Å². The van der Waals surface area contributed by atoms with Crippen LogP contribution in [0.3, 0.4) is 0 Å². The van der Waals surface area contributed by atoms with Crippen LogP contribution in [0.1, 0.15) is 36.4 Å². The molecule has 0 N–H and O–H groups in total. The molecule has 1 heterocycles. The average molecular weight is 371 g/mol. The summed E-state index contributed by atoms with van der Waals surface area (Å²) in [6.07, 6.45) is 1.12. The fourth-order valence-corrected chi connectivity index (χ4v) is 3.95. The standard InChI is InChI=1S/C22H29NO4/c1-15(17-12-20(25-3)22(27-5)21(13-17)26-4)23-11-10-16(14-23)18-8-6-7-9-19(18)24-2/h6-9,12-13,15-16H,10-11,14H2,1-5H3/t15-,16-/m0/s1. The molecule has 1 saturated heterocycles. The Morgan fingerprint density at radius 2 is 1.52 bits per heavy atom. The molecule has 0 amide bonds. The zero-order valence-corrected chi connectivity index (χ0v) is 16.8. The van der Waals surface area contributed by atoms with Crippen molar-refractivity contribution in [1.29, 1.82) is 0 Å². The van der Waals surface area contributed by atoms with E-state index in [-0.39, 0.29) is 6.04 Å². The van der Waals surface area contributed by atoms with Crippen LogP contribution in [0.4, 0.5) is 0 Å². The van der Waals surface area contributed by atoms with E-state index in [4.69, 9.17) is 18.9 Å². The number of rotatable bonds is 7. The van der Waals surface area contributed by atoms with E-state index < -0.39 is 0 Å². The van der Waals surface area contributed by atoms with Gasteiger partial charge >= 0.3 is 0 Å². The van der Waals surface area contributed by atoms with Crippen molar-refractivity contribution < 1.29 is 18.9 Å². The van der Waals surface area contributed by atoms with Crippen molar-refractivity contribution in [1.82, 2.24) is 4.90 Å². The third-order valence-corrected chi connectivity index (χ3v) is 5.52. The van der Waals surface area contributed by atoms with Gasteiger partial charge in [-0.05, 0) is 49.2 Å². The van der Waals surface area contributed by atoms with E-state index in [0.717, 1.165) is 30.8 Å². The number of benzene rings is 2. The van der Waals surface area contributed by atoms with E-state index in [0.29, 0.717) is 23.2 Å². The van der Waals surface area contributed by atoms with Crippen LogP contribution in [0.15, 0.2) is 36.4 Å². The van der Waals surface area contributed by atoms with Crippen LogP contribution in [0, 0.1) is 0 Å². The van der Waals surface area contributed by atoms with E-state index in [1.807, 2.05) is 24.3 Å². The van der Waals surface area contributed by atoms with Gasteiger partial charge in [-0.1, -0.05) is 18.2 Å². The second kappa shape index (κ2) is 8.53. The summed E-state index contributed by atoms with van der Waals surface area (Å²) in [4.78, 5) is 2.50. The lowest BCUT2D eigenvalue weighted by molar-refractivity contribution is 0.256. The fraction of sp³-hybridized carbons (Fsp3) is 0.455. The molecule has 2 aromatic rings. The summed E-state index contributed by atoms with van der Waals surface area (Å²) in [6.45, 7) is 4.27. The van der Waals surface area contributed by atoms with Gasteiger partial charge in [-0.3, -0.25) is 4.90 Å². The minimum Gasteiger partial charge on any atom is -0.496 e. The van der Waals surface area contributed by atoms with Gasteiger partial charge in [0.05, 0.1) is 28.4 Å². The zero-order valence-electron chi connectivity index (χ0n) is 16.8. The monoisotopic (exact) mass is 371 g/mol. The van der Waals surface area contributed by atoms with E-state index in [9.17, 15) is 0 Å². The molecule has 2 aromatic carbocycles. The van der Waals surface area contributed by atoms with Gasteiger partial charge in [-0.25, -0.2) is 0 Å². The molecule has 0 aliphatic carbocycles. The molecule has 27 heavy (non-hydrogen) atoms. The van der Waals surface area contributed by atoms with Crippen LogP contribution in [0.5, 0.6) is 23.0 Å². The molecular weight excluding hydrogens is 342 g/mol. The quantitative estimate of drug-likeness (QED) is 0.727. The maximum Gasteiger partial charge on any atom is 0.203 e. The van der Waals surface area contributed by atoms with Crippen LogP contribution in [0.25, 0.3) is 0 Å². The third kappa shape index (κ3) is 3.83. The molecule has 5 heteroatoms. The van der Waals surface area contributed by atoms with Gasteiger partial charge in [0.2, 0.25) is 5.75 Å². The lowest BCUT2D eigenvalue weighted by Gasteiger charge is -2.26. The highest BCUT2D eigenvalue weighted by Gasteiger charge is 2.30. The van der Waals surface area contributed by atoms with Gasteiger partial charge in [-0.2, -0.15) is 0 Å². The summed E-state index contributed by atoms with van der Waals surface area (Å²) >= 11 is 0. The minimum absolute atomic E-state index is 0.249. The molecule has 1 fully saturated rings. The Kier molecular flexibility index (Phi) is 6.11. The highest BCUT2D eigenvalue weighted by Crippen LogP contribution is 2.42. The van der Waals surface area contributed by atoms with E-state index in [1.54, 1.807) is 28.4 Å². The van der Waals surface area contributed by atoms with Gasteiger partial charge < -0.3 is 18.9 Å². The second-order valence-electron chi connectivity index (χ2n) is 6.86. The number of para-hydroxylation sites is 1. The summed E-state index contributed by atoms with van der Waals surface area (Å²) in [6, 6.07) is 12.7. The first-order chi connectivity index (χ1) is 13.1. The first-order valence-electron chi connectivity index (χ1n) is 9.29. The summed E-state index contributed by atoms with van der Waals surface area (Å²) in [5.41, 5.74) is 2.45. The molecule has 0 saturated carbocycles. The van der Waals surface area contributed by atoms with Crippen LogP contribution in [-0.4, -0.2) is 46.4 Å². The van der Waals surface area contributed by atoms with Crippen molar-refractivity contribution in [3.8, 4) is 23.0 Å². The number of likely N-dealkylation sites (tertiary alicyclic amines) is 1. The Balaban J connectivity index is 1.82. The first kappa shape index (κ1) is 19.4. The number of hydrogen-bond donors (Lipinski definition) is 0. The topological polar surface area (TPSA) is 40.2 Å². The first-order valence-corrected chi connectivity index (χ1v) is 9.29. The maximum atomic E-state index is 5.56. The van der Waals surface area contributed by atoms with Crippen molar-refractivity contribution in [2.45, 2.75) is 25.3 Å². The molecule has 146 valence electrons. The van der Waals surface area contributed by atoms with Crippen molar-refractivity contribution in [2.75, 3.05) is 41.5 Å². The smallest absolute Gasteiger partial charge is 0.203 e. The average Bonchev–Trinajstić information content (AvgIpc) is 3.21.